The Morgan fingerprint density at radius 3 is 2.65 bits per heavy atom. The molecular formula is C20H21N5O. The molecule has 0 aliphatic carbocycles. The summed E-state index contributed by atoms with van der Waals surface area (Å²) in [4.78, 5) is 26.9. The standard InChI is InChI=1S/C20H21N5O/c1-25(12-7-16-4-9-21-10-5-16)19-13-18(6-11-23-19)20(26)24-15-17-3-2-8-22-14-17/h2-6,8-11,13-14H,7,12,15H2,1H3,(H,24,26). The van der Waals surface area contributed by atoms with Crippen LogP contribution in [0, 0.1) is 0 Å². The zero-order valence-electron chi connectivity index (χ0n) is 14.7. The van der Waals surface area contributed by atoms with E-state index in [1.807, 2.05) is 42.3 Å². The number of carbonyl (C=O) groups excluding carboxylic acids is 1. The van der Waals surface area contributed by atoms with Gasteiger partial charge in [-0.05, 0) is 47.9 Å². The molecule has 6 nitrogen and oxygen atoms in total. The number of hydrogen-bond donors (Lipinski definition) is 1. The van der Waals surface area contributed by atoms with Crippen molar-refractivity contribution in [2.45, 2.75) is 13.0 Å². The van der Waals surface area contributed by atoms with Crippen LogP contribution in [0.1, 0.15) is 21.5 Å². The molecule has 1 amide bonds. The highest BCUT2D eigenvalue weighted by Gasteiger charge is 2.09. The van der Waals surface area contributed by atoms with E-state index in [1.54, 1.807) is 37.1 Å². The predicted octanol–water partition coefficient (Wildman–Crippen LogP) is 2.48. The number of nitrogens with zero attached hydrogens (tertiary/aromatic N) is 4. The van der Waals surface area contributed by atoms with Crippen LogP contribution in [0.15, 0.2) is 67.4 Å². The van der Waals surface area contributed by atoms with Gasteiger partial charge in [0.2, 0.25) is 0 Å². The summed E-state index contributed by atoms with van der Waals surface area (Å²) >= 11 is 0. The van der Waals surface area contributed by atoms with Gasteiger partial charge in [0, 0.05) is 56.7 Å². The highest BCUT2D eigenvalue weighted by Crippen LogP contribution is 2.12. The first-order valence-corrected chi connectivity index (χ1v) is 8.45. The summed E-state index contributed by atoms with van der Waals surface area (Å²) in [5.41, 5.74) is 2.77. The molecule has 0 atom stereocenters. The average Bonchev–Trinajstić information content (AvgIpc) is 2.72. The van der Waals surface area contributed by atoms with Crippen molar-refractivity contribution in [1.82, 2.24) is 20.3 Å². The van der Waals surface area contributed by atoms with E-state index in [0.717, 1.165) is 24.3 Å². The van der Waals surface area contributed by atoms with E-state index >= 15 is 0 Å². The number of carbonyl (C=O) groups is 1. The van der Waals surface area contributed by atoms with Gasteiger partial charge in [-0.15, -0.1) is 0 Å². The SMILES string of the molecule is CN(CCc1ccncc1)c1cc(C(=O)NCc2cccnc2)ccn1. The van der Waals surface area contributed by atoms with Gasteiger partial charge < -0.3 is 10.2 Å². The van der Waals surface area contributed by atoms with E-state index in [2.05, 4.69) is 20.3 Å². The molecule has 3 aromatic rings. The number of anilines is 1. The largest absolute Gasteiger partial charge is 0.359 e. The smallest absolute Gasteiger partial charge is 0.251 e. The lowest BCUT2D eigenvalue weighted by Crippen LogP contribution is -2.25. The molecule has 0 saturated heterocycles. The van der Waals surface area contributed by atoms with Crippen molar-refractivity contribution in [2.75, 3.05) is 18.5 Å². The summed E-state index contributed by atoms with van der Waals surface area (Å²) in [6.07, 6.45) is 9.59. The zero-order chi connectivity index (χ0) is 18.2. The van der Waals surface area contributed by atoms with E-state index in [0.29, 0.717) is 12.1 Å². The molecule has 3 heterocycles. The lowest BCUT2D eigenvalue weighted by atomic mass is 10.2. The van der Waals surface area contributed by atoms with E-state index in [-0.39, 0.29) is 5.91 Å². The number of hydrogen-bond acceptors (Lipinski definition) is 5. The van der Waals surface area contributed by atoms with E-state index in [4.69, 9.17) is 0 Å². The molecule has 0 bridgehead atoms. The van der Waals surface area contributed by atoms with E-state index < -0.39 is 0 Å². The van der Waals surface area contributed by atoms with Crippen molar-refractivity contribution >= 4 is 11.7 Å². The van der Waals surface area contributed by atoms with Gasteiger partial charge >= 0.3 is 0 Å². The maximum atomic E-state index is 12.4. The van der Waals surface area contributed by atoms with Crippen LogP contribution in [-0.2, 0) is 13.0 Å². The summed E-state index contributed by atoms with van der Waals surface area (Å²) < 4.78 is 0. The minimum absolute atomic E-state index is 0.125. The Kier molecular flexibility index (Phi) is 5.88. The molecule has 26 heavy (non-hydrogen) atoms. The maximum Gasteiger partial charge on any atom is 0.251 e. The molecule has 3 rings (SSSR count). The zero-order valence-corrected chi connectivity index (χ0v) is 14.7. The quantitative estimate of drug-likeness (QED) is 0.711. The number of pyridine rings is 3. The average molecular weight is 347 g/mol. The summed E-state index contributed by atoms with van der Waals surface area (Å²) in [6, 6.07) is 11.3. The second-order valence-corrected chi connectivity index (χ2v) is 5.97. The van der Waals surface area contributed by atoms with Crippen molar-refractivity contribution < 1.29 is 4.79 Å². The Balaban J connectivity index is 1.59. The Labute approximate surface area is 153 Å². The predicted molar refractivity (Wildman–Crippen MR) is 101 cm³/mol. The number of aromatic nitrogens is 3. The number of likely N-dealkylation sites (N-methyl/N-ethyl adjacent to an activating group) is 1. The fourth-order valence-corrected chi connectivity index (χ4v) is 2.52. The molecule has 0 spiro atoms. The van der Waals surface area contributed by atoms with Gasteiger partial charge in [0.25, 0.3) is 5.91 Å². The maximum absolute atomic E-state index is 12.4. The van der Waals surface area contributed by atoms with Gasteiger partial charge in [0.15, 0.2) is 0 Å². The Morgan fingerprint density at radius 1 is 1.04 bits per heavy atom. The molecule has 1 N–H and O–H groups in total. The molecule has 132 valence electrons. The molecule has 3 aromatic heterocycles. The van der Waals surface area contributed by atoms with Gasteiger partial charge in [-0.2, -0.15) is 0 Å². The minimum atomic E-state index is -0.125. The highest BCUT2D eigenvalue weighted by molar-refractivity contribution is 5.94. The molecule has 0 aromatic carbocycles. The molecule has 6 heteroatoms. The van der Waals surface area contributed by atoms with Crippen LogP contribution in [0.4, 0.5) is 5.82 Å². The van der Waals surface area contributed by atoms with Gasteiger partial charge in [-0.1, -0.05) is 6.07 Å². The minimum Gasteiger partial charge on any atom is -0.359 e. The normalized spacial score (nSPS) is 10.3. The fraction of sp³-hybridized carbons (Fsp3) is 0.200. The Bertz CT molecular complexity index is 839. The molecule has 0 fully saturated rings. The lowest BCUT2D eigenvalue weighted by Gasteiger charge is -2.18. The monoisotopic (exact) mass is 347 g/mol. The Morgan fingerprint density at radius 2 is 1.88 bits per heavy atom. The van der Waals surface area contributed by atoms with Crippen molar-refractivity contribution in [3.63, 3.8) is 0 Å². The highest BCUT2D eigenvalue weighted by atomic mass is 16.1. The first-order chi connectivity index (χ1) is 12.7. The summed E-state index contributed by atoms with van der Waals surface area (Å²) in [7, 11) is 1.97. The summed E-state index contributed by atoms with van der Waals surface area (Å²) in [5.74, 6) is 0.646. The van der Waals surface area contributed by atoms with Crippen LogP contribution in [-0.4, -0.2) is 34.5 Å². The Hall–Kier alpha value is -3.28. The van der Waals surface area contributed by atoms with Crippen LogP contribution in [0.25, 0.3) is 0 Å². The second kappa shape index (κ2) is 8.71. The van der Waals surface area contributed by atoms with Crippen LogP contribution in [0.2, 0.25) is 0 Å². The van der Waals surface area contributed by atoms with E-state index in [9.17, 15) is 4.79 Å². The molecular weight excluding hydrogens is 326 g/mol. The van der Waals surface area contributed by atoms with Gasteiger partial charge in [0.05, 0.1) is 0 Å². The van der Waals surface area contributed by atoms with Crippen molar-refractivity contribution in [3.8, 4) is 0 Å². The third-order valence-electron chi connectivity index (χ3n) is 4.06. The lowest BCUT2D eigenvalue weighted by molar-refractivity contribution is 0.0951. The third kappa shape index (κ3) is 4.86. The van der Waals surface area contributed by atoms with Crippen molar-refractivity contribution in [1.29, 1.82) is 0 Å². The van der Waals surface area contributed by atoms with Crippen molar-refractivity contribution in [2.24, 2.45) is 0 Å². The van der Waals surface area contributed by atoms with E-state index in [1.165, 1.54) is 5.56 Å². The van der Waals surface area contributed by atoms with Crippen LogP contribution >= 0.6 is 0 Å². The fourth-order valence-electron chi connectivity index (χ4n) is 2.52. The number of amides is 1. The second-order valence-electron chi connectivity index (χ2n) is 5.97. The summed E-state index contributed by atoms with van der Waals surface area (Å²) in [6.45, 7) is 1.25. The molecule has 0 radical (unpaired) electrons. The topological polar surface area (TPSA) is 71.0 Å². The van der Waals surface area contributed by atoms with Crippen LogP contribution in [0.5, 0.6) is 0 Å². The van der Waals surface area contributed by atoms with Gasteiger partial charge in [-0.25, -0.2) is 4.98 Å². The molecule has 0 saturated carbocycles. The summed E-state index contributed by atoms with van der Waals surface area (Å²) in [5, 5.41) is 2.91. The first-order valence-electron chi connectivity index (χ1n) is 8.45. The number of nitrogens with one attached hydrogen (secondary N) is 1. The molecule has 0 aliphatic heterocycles. The number of rotatable bonds is 7. The first kappa shape index (κ1) is 17.5. The third-order valence-corrected chi connectivity index (χ3v) is 4.06. The van der Waals surface area contributed by atoms with Gasteiger partial charge in [-0.3, -0.25) is 14.8 Å². The van der Waals surface area contributed by atoms with Crippen LogP contribution < -0.4 is 10.2 Å². The van der Waals surface area contributed by atoms with Crippen LogP contribution in [0.3, 0.4) is 0 Å². The molecule has 0 aliphatic rings. The molecule has 0 unspecified atom stereocenters. The van der Waals surface area contributed by atoms with Gasteiger partial charge in [0.1, 0.15) is 5.82 Å². The van der Waals surface area contributed by atoms with Crippen molar-refractivity contribution in [3.05, 3.63) is 84.1 Å².